The van der Waals surface area contributed by atoms with Crippen molar-refractivity contribution in [2.24, 2.45) is 4.99 Å². The van der Waals surface area contributed by atoms with Gasteiger partial charge in [-0.2, -0.15) is 0 Å². The number of hydrogen-bond acceptors (Lipinski definition) is 2. The van der Waals surface area contributed by atoms with Crippen LogP contribution in [-0.2, 0) is 11.3 Å². The second kappa shape index (κ2) is 10.6. The van der Waals surface area contributed by atoms with Crippen molar-refractivity contribution in [3.05, 3.63) is 35.6 Å². The van der Waals surface area contributed by atoms with E-state index < -0.39 is 0 Å². The summed E-state index contributed by atoms with van der Waals surface area (Å²) < 4.78 is 13.0. The van der Waals surface area contributed by atoms with Gasteiger partial charge in [-0.05, 0) is 38.0 Å². The molecular weight excluding hydrogens is 307 g/mol. The molecule has 2 N–H and O–H groups in total. The summed E-state index contributed by atoms with van der Waals surface area (Å²) in [4.78, 5) is 18.3. The molecule has 5 nitrogen and oxygen atoms in total. The van der Waals surface area contributed by atoms with Gasteiger partial charge in [-0.15, -0.1) is 0 Å². The smallest absolute Gasteiger partial charge is 0.222 e. The summed E-state index contributed by atoms with van der Waals surface area (Å²) in [5.74, 6) is 0.512. The van der Waals surface area contributed by atoms with Crippen molar-refractivity contribution in [3.8, 4) is 0 Å². The third-order valence-electron chi connectivity index (χ3n) is 3.65. The predicted octanol–water partition coefficient (Wildman–Crippen LogP) is 2.53. The van der Waals surface area contributed by atoms with Crippen LogP contribution in [0.15, 0.2) is 29.3 Å². The molecule has 0 bridgehead atoms. The minimum Gasteiger partial charge on any atom is -0.357 e. The van der Waals surface area contributed by atoms with Crippen LogP contribution in [0.25, 0.3) is 0 Å². The molecule has 24 heavy (non-hydrogen) atoms. The van der Waals surface area contributed by atoms with Crippen molar-refractivity contribution >= 4 is 11.9 Å². The molecule has 0 fully saturated rings. The quantitative estimate of drug-likeness (QED) is 0.566. The van der Waals surface area contributed by atoms with E-state index in [1.165, 1.54) is 12.1 Å². The number of nitrogens with one attached hydrogen (secondary N) is 2. The first-order valence-electron chi connectivity index (χ1n) is 8.49. The number of carbonyl (C=O) groups excluding carboxylic acids is 1. The zero-order valence-electron chi connectivity index (χ0n) is 15.1. The molecule has 0 aliphatic rings. The van der Waals surface area contributed by atoms with Crippen molar-refractivity contribution in [3.63, 3.8) is 0 Å². The molecule has 1 aromatic carbocycles. The lowest BCUT2D eigenvalue weighted by molar-refractivity contribution is -0.121. The molecule has 0 aromatic heterocycles. The van der Waals surface area contributed by atoms with E-state index in [0.29, 0.717) is 19.5 Å². The molecule has 134 valence electrons. The van der Waals surface area contributed by atoms with Gasteiger partial charge < -0.3 is 15.5 Å². The zero-order valence-corrected chi connectivity index (χ0v) is 15.1. The Labute approximate surface area is 144 Å². The van der Waals surface area contributed by atoms with Crippen LogP contribution in [0.5, 0.6) is 0 Å². The first-order chi connectivity index (χ1) is 11.5. The van der Waals surface area contributed by atoms with E-state index >= 15 is 0 Å². The highest BCUT2D eigenvalue weighted by Crippen LogP contribution is 2.06. The molecule has 1 unspecified atom stereocenters. The van der Waals surface area contributed by atoms with Gasteiger partial charge in [0.1, 0.15) is 5.82 Å². The van der Waals surface area contributed by atoms with Gasteiger partial charge in [0, 0.05) is 32.6 Å². The molecule has 0 aliphatic heterocycles. The normalized spacial score (nSPS) is 12.6. The van der Waals surface area contributed by atoms with Gasteiger partial charge in [0.2, 0.25) is 5.91 Å². The van der Waals surface area contributed by atoms with Crippen molar-refractivity contribution in [1.29, 1.82) is 0 Å². The first kappa shape index (κ1) is 19.9. The van der Waals surface area contributed by atoms with E-state index in [-0.39, 0.29) is 17.8 Å². The molecular formula is C18H29FN4O. The molecule has 1 atom stereocenters. The van der Waals surface area contributed by atoms with Gasteiger partial charge in [0.05, 0.1) is 6.54 Å². The maximum atomic E-state index is 13.0. The summed E-state index contributed by atoms with van der Waals surface area (Å²) in [6.07, 6.45) is 1.28. The second-order valence-corrected chi connectivity index (χ2v) is 5.84. The Hall–Kier alpha value is -2.11. The maximum absolute atomic E-state index is 13.0. The Bertz CT molecular complexity index is 530. The predicted molar refractivity (Wildman–Crippen MR) is 96.4 cm³/mol. The molecule has 1 rings (SSSR count). The van der Waals surface area contributed by atoms with Gasteiger partial charge in [0.25, 0.3) is 0 Å². The summed E-state index contributed by atoms with van der Waals surface area (Å²) in [7, 11) is 1.92. The fourth-order valence-electron chi connectivity index (χ4n) is 2.12. The van der Waals surface area contributed by atoms with Crippen molar-refractivity contribution in [1.82, 2.24) is 15.5 Å². The van der Waals surface area contributed by atoms with Crippen LogP contribution in [0, 0.1) is 5.82 Å². The van der Waals surface area contributed by atoms with Crippen LogP contribution in [0.3, 0.4) is 0 Å². The third-order valence-corrected chi connectivity index (χ3v) is 3.65. The van der Waals surface area contributed by atoms with E-state index in [0.717, 1.165) is 24.5 Å². The highest BCUT2D eigenvalue weighted by atomic mass is 19.1. The number of amides is 1. The average Bonchev–Trinajstić information content (AvgIpc) is 2.56. The van der Waals surface area contributed by atoms with Gasteiger partial charge in [0.15, 0.2) is 5.96 Å². The molecule has 0 aliphatic carbocycles. The van der Waals surface area contributed by atoms with Crippen LogP contribution in [-0.4, -0.2) is 42.9 Å². The Morgan fingerprint density at radius 3 is 2.54 bits per heavy atom. The molecule has 6 heteroatoms. The Balaban J connectivity index is 2.57. The molecule has 0 radical (unpaired) electrons. The number of hydrogen-bond donors (Lipinski definition) is 2. The molecule has 0 saturated heterocycles. The maximum Gasteiger partial charge on any atom is 0.222 e. The number of nitrogens with zero attached hydrogens (tertiary/aromatic N) is 2. The lowest BCUT2D eigenvalue weighted by atomic mass is 10.2. The van der Waals surface area contributed by atoms with E-state index in [4.69, 9.17) is 0 Å². The molecule has 0 spiro atoms. The fourth-order valence-corrected chi connectivity index (χ4v) is 2.12. The van der Waals surface area contributed by atoms with E-state index in [1.807, 2.05) is 32.7 Å². The highest BCUT2D eigenvalue weighted by Gasteiger charge is 2.08. The van der Waals surface area contributed by atoms with Gasteiger partial charge in [-0.1, -0.05) is 19.1 Å². The number of benzene rings is 1. The van der Waals surface area contributed by atoms with E-state index in [9.17, 15) is 9.18 Å². The summed E-state index contributed by atoms with van der Waals surface area (Å²) >= 11 is 0. The number of rotatable bonds is 8. The minimum absolute atomic E-state index is 0.0186. The topological polar surface area (TPSA) is 56.7 Å². The SMILES string of the molecule is CCNC(=NCCC(=O)NC(C)CC)N(C)Cc1ccc(F)cc1. The monoisotopic (exact) mass is 336 g/mol. The molecule has 1 amide bonds. The fraction of sp³-hybridized carbons (Fsp3) is 0.556. The first-order valence-corrected chi connectivity index (χ1v) is 8.49. The molecule has 0 saturated carbocycles. The summed E-state index contributed by atoms with van der Waals surface area (Å²) in [6.45, 7) is 7.81. The number of aliphatic imine (C=N–C) groups is 1. The minimum atomic E-state index is -0.241. The van der Waals surface area contributed by atoms with Gasteiger partial charge >= 0.3 is 0 Å². The van der Waals surface area contributed by atoms with Gasteiger partial charge in [-0.3, -0.25) is 9.79 Å². The van der Waals surface area contributed by atoms with Gasteiger partial charge in [-0.25, -0.2) is 4.39 Å². The van der Waals surface area contributed by atoms with Crippen LogP contribution >= 0.6 is 0 Å². The Morgan fingerprint density at radius 2 is 1.96 bits per heavy atom. The Morgan fingerprint density at radius 1 is 1.29 bits per heavy atom. The van der Waals surface area contributed by atoms with Crippen LogP contribution in [0.1, 0.15) is 39.2 Å². The lowest BCUT2D eigenvalue weighted by Crippen LogP contribution is -2.39. The molecule has 1 aromatic rings. The number of guanidine groups is 1. The molecule has 0 heterocycles. The van der Waals surface area contributed by atoms with Crippen molar-refractivity contribution in [2.45, 2.75) is 46.2 Å². The third kappa shape index (κ3) is 7.44. The van der Waals surface area contributed by atoms with Crippen LogP contribution < -0.4 is 10.6 Å². The number of carbonyl (C=O) groups is 1. The van der Waals surface area contributed by atoms with Crippen LogP contribution in [0.2, 0.25) is 0 Å². The van der Waals surface area contributed by atoms with Crippen molar-refractivity contribution < 1.29 is 9.18 Å². The summed E-state index contributed by atoms with van der Waals surface area (Å²) in [6, 6.07) is 6.61. The van der Waals surface area contributed by atoms with Crippen molar-refractivity contribution in [2.75, 3.05) is 20.1 Å². The summed E-state index contributed by atoms with van der Waals surface area (Å²) in [5.41, 5.74) is 0.999. The zero-order chi connectivity index (χ0) is 17.9. The Kier molecular flexibility index (Phi) is 8.83. The van der Waals surface area contributed by atoms with E-state index in [1.54, 1.807) is 12.1 Å². The highest BCUT2D eigenvalue weighted by molar-refractivity contribution is 5.80. The summed E-state index contributed by atoms with van der Waals surface area (Å²) in [5, 5.41) is 6.14. The largest absolute Gasteiger partial charge is 0.357 e. The van der Waals surface area contributed by atoms with Crippen LogP contribution in [0.4, 0.5) is 4.39 Å². The average molecular weight is 336 g/mol. The second-order valence-electron chi connectivity index (χ2n) is 5.84. The number of halogens is 1. The standard InChI is InChI=1S/C18H29FN4O/c1-5-14(3)22-17(24)11-12-21-18(20-6-2)23(4)13-15-7-9-16(19)10-8-15/h7-10,14H,5-6,11-13H2,1-4H3,(H,20,21)(H,22,24). The lowest BCUT2D eigenvalue weighted by Gasteiger charge is -2.22. The van der Waals surface area contributed by atoms with E-state index in [2.05, 4.69) is 15.6 Å².